The zero-order valence-corrected chi connectivity index (χ0v) is 12.5. The largest absolute Gasteiger partial charge is 0.312 e. The fourth-order valence-corrected chi connectivity index (χ4v) is 2.74. The van der Waals surface area contributed by atoms with Crippen LogP contribution in [-0.2, 0) is 0 Å². The number of nitrogens with one attached hydrogen (secondary N) is 1. The lowest BCUT2D eigenvalue weighted by molar-refractivity contribution is 0.358. The van der Waals surface area contributed by atoms with Crippen molar-refractivity contribution in [1.29, 1.82) is 0 Å². The lowest BCUT2D eigenvalue weighted by atomic mass is 9.90. The van der Waals surface area contributed by atoms with Crippen LogP contribution in [-0.4, -0.2) is 12.1 Å². The van der Waals surface area contributed by atoms with Gasteiger partial charge in [-0.05, 0) is 38.0 Å². The average molecular weight is 249 g/mol. The third-order valence-corrected chi connectivity index (χ3v) is 3.64. The Morgan fingerprint density at radius 2 is 2.11 bits per heavy atom. The van der Waals surface area contributed by atoms with Gasteiger partial charge in [0.05, 0.1) is 0 Å². The molecule has 0 bridgehead atoms. The topological polar surface area (TPSA) is 12.0 Å². The maximum Gasteiger partial charge on any atom is 0.00750 e. The van der Waals surface area contributed by atoms with Crippen LogP contribution in [0, 0.1) is 5.92 Å². The molecule has 18 heavy (non-hydrogen) atoms. The Morgan fingerprint density at radius 1 is 1.28 bits per heavy atom. The second-order valence-electron chi connectivity index (χ2n) is 5.90. The minimum atomic E-state index is 0.601. The van der Waals surface area contributed by atoms with Crippen LogP contribution in [0.1, 0.15) is 65.7 Å². The SMILES string of the molecule is CCCCC(CC1C=CC=CCCC1)NC(C)C. The summed E-state index contributed by atoms with van der Waals surface area (Å²) in [6, 6.07) is 1.30. The molecule has 1 N–H and O–H groups in total. The Balaban J connectivity index is 2.46. The van der Waals surface area contributed by atoms with E-state index in [4.69, 9.17) is 0 Å². The van der Waals surface area contributed by atoms with E-state index in [0.717, 1.165) is 5.92 Å². The van der Waals surface area contributed by atoms with Gasteiger partial charge in [0.25, 0.3) is 0 Å². The van der Waals surface area contributed by atoms with Crippen molar-refractivity contribution in [2.24, 2.45) is 5.92 Å². The van der Waals surface area contributed by atoms with Gasteiger partial charge in [0.2, 0.25) is 0 Å². The molecule has 2 atom stereocenters. The van der Waals surface area contributed by atoms with Crippen molar-refractivity contribution in [3.8, 4) is 0 Å². The van der Waals surface area contributed by atoms with E-state index in [1.807, 2.05) is 0 Å². The molecule has 0 radical (unpaired) electrons. The highest BCUT2D eigenvalue weighted by atomic mass is 14.9. The van der Waals surface area contributed by atoms with Crippen LogP contribution in [0.15, 0.2) is 24.3 Å². The molecule has 0 spiro atoms. The van der Waals surface area contributed by atoms with Gasteiger partial charge in [-0.3, -0.25) is 0 Å². The van der Waals surface area contributed by atoms with Crippen LogP contribution in [0.5, 0.6) is 0 Å². The third-order valence-electron chi connectivity index (χ3n) is 3.64. The lowest BCUT2D eigenvalue weighted by Crippen LogP contribution is -2.36. The molecule has 1 rings (SSSR count). The van der Waals surface area contributed by atoms with Crippen molar-refractivity contribution < 1.29 is 0 Å². The Labute approximate surface area is 114 Å². The van der Waals surface area contributed by atoms with Crippen molar-refractivity contribution in [1.82, 2.24) is 5.32 Å². The van der Waals surface area contributed by atoms with Gasteiger partial charge >= 0.3 is 0 Å². The number of rotatable bonds is 7. The standard InChI is InChI=1S/C17H31N/c1-4-5-13-17(18-15(2)3)14-16-11-9-7-6-8-10-12-16/h6-7,9,11,15-18H,4-5,8,10,12-14H2,1-3H3. The van der Waals surface area contributed by atoms with Crippen molar-refractivity contribution in [2.75, 3.05) is 0 Å². The van der Waals surface area contributed by atoms with Crippen molar-refractivity contribution in [3.63, 3.8) is 0 Å². The second-order valence-corrected chi connectivity index (χ2v) is 5.90. The Bertz CT molecular complexity index is 252. The van der Waals surface area contributed by atoms with E-state index < -0.39 is 0 Å². The molecule has 1 aliphatic rings. The number of hydrogen-bond acceptors (Lipinski definition) is 1. The maximum absolute atomic E-state index is 3.75. The van der Waals surface area contributed by atoms with E-state index in [1.54, 1.807) is 0 Å². The lowest BCUT2D eigenvalue weighted by Gasteiger charge is -2.25. The molecule has 1 heteroatoms. The molecule has 1 nitrogen and oxygen atoms in total. The first-order valence-electron chi connectivity index (χ1n) is 7.81. The van der Waals surface area contributed by atoms with Crippen molar-refractivity contribution in [2.45, 2.75) is 77.8 Å². The highest BCUT2D eigenvalue weighted by Crippen LogP contribution is 2.21. The molecule has 0 fully saturated rings. The molecule has 0 amide bonds. The Kier molecular flexibility index (Phi) is 8.08. The summed E-state index contributed by atoms with van der Waals surface area (Å²) in [5.74, 6) is 0.767. The zero-order chi connectivity index (χ0) is 13.2. The van der Waals surface area contributed by atoms with Crippen LogP contribution >= 0.6 is 0 Å². The highest BCUT2D eigenvalue weighted by Gasteiger charge is 2.15. The minimum absolute atomic E-state index is 0.601. The zero-order valence-electron chi connectivity index (χ0n) is 12.5. The van der Waals surface area contributed by atoms with Gasteiger partial charge in [-0.15, -0.1) is 0 Å². The van der Waals surface area contributed by atoms with Crippen molar-refractivity contribution in [3.05, 3.63) is 24.3 Å². The van der Waals surface area contributed by atoms with E-state index in [0.29, 0.717) is 12.1 Å². The van der Waals surface area contributed by atoms with Crippen LogP contribution in [0.2, 0.25) is 0 Å². The van der Waals surface area contributed by atoms with Crippen molar-refractivity contribution >= 4 is 0 Å². The van der Waals surface area contributed by atoms with Crippen LogP contribution in [0.4, 0.5) is 0 Å². The summed E-state index contributed by atoms with van der Waals surface area (Å²) >= 11 is 0. The predicted molar refractivity (Wildman–Crippen MR) is 81.8 cm³/mol. The minimum Gasteiger partial charge on any atom is -0.312 e. The second kappa shape index (κ2) is 9.38. The molecule has 0 saturated carbocycles. The summed E-state index contributed by atoms with van der Waals surface area (Å²) in [6.45, 7) is 6.80. The molecule has 1 aliphatic carbocycles. The Hall–Kier alpha value is -0.560. The molecule has 0 heterocycles. The quantitative estimate of drug-likeness (QED) is 0.680. The highest BCUT2D eigenvalue weighted by molar-refractivity contribution is 5.06. The molecule has 2 unspecified atom stereocenters. The predicted octanol–water partition coefficient (Wildman–Crippen LogP) is 4.85. The summed E-state index contributed by atoms with van der Waals surface area (Å²) in [7, 11) is 0. The molecule has 0 saturated heterocycles. The summed E-state index contributed by atoms with van der Waals surface area (Å²) < 4.78 is 0. The van der Waals surface area contributed by atoms with E-state index in [1.165, 1.54) is 44.9 Å². The van der Waals surface area contributed by atoms with Gasteiger partial charge in [-0.2, -0.15) is 0 Å². The molecule has 0 aromatic heterocycles. The molecule has 0 aromatic carbocycles. The number of allylic oxidation sites excluding steroid dienone is 4. The van der Waals surface area contributed by atoms with E-state index in [2.05, 4.69) is 50.4 Å². The number of hydrogen-bond donors (Lipinski definition) is 1. The van der Waals surface area contributed by atoms with Gasteiger partial charge in [0.15, 0.2) is 0 Å². The smallest absolute Gasteiger partial charge is 0.00750 e. The summed E-state index contributed by atoms with van der Waals surface area (Å²) in [4.78, 5) is 0. The van der Waals surface area contributed by atoms with Crippen LogP contribution in [0.3, 0.4) is 0 Å². The summed E-state index contributed by atoms with van der Waals surface area (Å²) in [6.07, 6.45) is 18.4. The normalized spacial score (nSPS) is 21.9. The van der Waals surface area contributed by atoms with E-state index >= 15 is 0 Å². The van der Waals surface area contributed by atoms with E-state index in [9.17, 15) is 0 Å². The molecular weight excluding hydrogens is 218 g/mol. The monoisotopic (exact) mass is 249 g/mol. The van der Waals surface area contributed by atoms with E-state index in [-0.39, 0.29) is 0 Å². The maximum atomic E-state index is 3.75. The van der Waals surface area contributed by atoms with Gasteiger partial charge in [0, 0.05) is 12.1 Å². The summed E-state index contributed by atoms with van der Waals surface area (Å²) in [5, 5.41) is 3.75. The Morgan fingerprint density at radius 3 is 2.83 bits per heavy atom. The van der Waals surface area contributed by atoms with Crippen LogP contribution < -0.4 is 5.32 Å². The first-order valence-corrected chi connectivity index (χ1v) is 7.81. The summed E-state index contributed by atoms with van der Waals surface area (Å²) in [5.41, 5.74) is 0. The van der Waals surface area contributed by atoms with Gasteiger partial charge in [0.1, 0.15) is 0 Å². The van der Waals surface area contributed by atoms with Crippen LogP contribution in [0.25, 0.3) is 0 Å². The third kappa shape index (κ3) is 7.00. The molecule has 104 valence electrons. The fourth-order valence-electron chi connectivity index (χ4n) is 2.74. The van der Waals surface area contributed by atoms with Gasteiger partial charge in [-0.25, -0.2) is 0 Å². The first-order chi connectivity index (χ1) is 8.72. The first kappa shape index (κ1) is 15.5. The molecule has 0 aromatic rings. The fraction of sp³-hybridized carbons (Fsp3) is 0.765. The average Bonchev–Trinajstić information content (AvgIpc) is 2.28. The number of unbranched alkanes of at least 4 members (excludes halogenated alkanes) is 1. The van der Waals surface area contributed by atoms with Gasteiger partial charge < -0.3 is 5.32 Å². The molecule has 0 aliphatic heterocycles. The molecular formula is C17H31N. The van der Waals surface area contributed by atoms with Gasteiger partial charge in [-0.1, -0.05) is 57.9 Å².